The first-order chi connectivity index (χ1) is 9.95. The molecule has 21 heavy (non-hydrogen) atoms. The molecule has 0 spiro atoms. The molecule has 9 heteroatoms. The molecule has 0 unspecified atom stereocenters. The molecule has 1 aromatic carbocycles. The van der Waals surface area contributed by atoms with E-state index >= 15 is 0 Å². The molecule has 2 aromatic rings. The van der Waals surface area contributed by atoms with Crippen molar-refractivity contribution in [3.05, 3.63) is 41.7 Å². The number of aliphatic carboxylic acids is 1. The lowest BCUT2D eigenvalue weighted by Gasteiger charge is -2.07. The number of rotatable bonds is 5. The van der Waals surface area contributed by atoms with Gasteiger partial charge in [-0.25, -0.2) is 13.5 Å². The molecule has 1 aromatic heterocycles. The lowest BCUT2D eigenvalue weighted by molar-refractivity contribution is -0.136. The number of aromatic nitrogens is 3. The molecule has 110 valence electrons. The average molecular weight is 296 g/mol. The largest absolute Gasteiger partial charge is 0.481 e. The second-order valence-corrected chi connectivity index (χ2v) is 4.12. The summed E-state index contributed by atoms with van der Waals surface area (Å²) in [5.74, 6) is -3.59. The van der Waals surface area contributed by atoms with Crippen LogP contribution in [0.1, 0.15) is 5.69 Å². The maximum atomic E-state index is 13.3. The van der Waals surface area contributed by atoms with E-state index in [0.717, 1.165) is 16.8 Å². The molecule has 0 saturated carbocycles. The summed E-state index contributed by atoms with van der Waals surface area (Å²) in [5.41, 5.74) is -0.374. The third kappa shape index (κ3) is 3.81. The predicted molar refractivity (Wildman–Crippen MR) is 66.3 cm³/mol. The summed E-state index contributed by atoms with van der Waals surface area (Å²) < 4.78 is 27.8. The van der Waals surface area contributed by atoms with E-state index < -0.39 is 29.2 Å². The summed E-state index contributed by atoms with van der Waals surface area (Å²) in [7, 11) is 0. The zero-order valence-corrected chi connectivity index (χ0v) is 10.6. The first-order valence-corrected chi connectivity index (χ1v) is 5.80. The van der Waals surface area contributed by atoms with Crippen LogP contribution in [0.4, 0.5) is 14.5 Å². The zero-order chi connectivity index (χ0) is 15.4. The van der Waals surface area contributed by atoms with E-state index in [2.05, 4.69) is 15.6 Å². The van der Waals surface area contributed by atoms with Crippen LogP contribution in [0, 0.1) is 11.6 Å². The number of anilines is 1. The number of amides is 1. The summed E-state index contributed by atoms with van der Waals surface area (Å²) in [4.78, 5) is 22.1. The number of benzene rings is 1. The van der Waals surface area contributed by atoms with Gasteiger partial charge in [-0.3, -0.25) is 9.59 Å². The van der Waals surface area contributed by atoms with Crippen molar-refractivity contribution in [2.75, 3.05) is 5.32 Å². The van der Waals surface area contributed by atoms with Crippen molar-refractivity contribution in [3.63, 3.8) is 0 Å². The van der Waals surface area contributed by atoms with Crippen molar-refractivity contribution < 1.29 is 23.5 Å². The summed E-state index contributed by atoms with van der Waals surface area (Å²) in [5, 5.41) is 17.8. The monoisotopic (exact) mass is 296 g/mol. The van der Waals surface area contributed by atoms with Gasteiger partial charge in [0.2, 0.25) is 5.91 Å². The number of carboxylic acid groups (broad SMARTS) is 1. The van der Waals surface area contributed by atoms with Crippen molar-refractivity contribution >= 4 is 17.6 Å². The first-order valence-electron chi connectivity index (χ1n) is 5.80. The van der Waals surface area contributed by atoms with Gasteiger partial charge in [0, 0.05) is 6.20 Å². The molecule has 1 heterocycles. The van der Waals surface area contributed by atoms with Crippen LogP contribution in [-0.4, -0.2) is 32.0 Å². The number of carboxylic acids is 1. The van der Waals surface area contributed by atoms with Crippen molar-refractivity contribution in [1.29, 1.82) is 0 Å². The molecule has 2 N–H and O–H groups in total. The Balaban J connectivity index is 2.02. The number of halogens is 2. The summed E-state index contributed by atoms with van der Waals surface area (Å²) in [6.45, 7) is -0.347. The fourth-order valence-corrected chi connectivity index (χ4v) is 1.60. The van der Waals surface area contributed by atoms with Crippen LogP contribution < -0.4 is 5.32 Å². The second kappa shape index (κ2) is 6.07. The Morgan fingerprint density at radius 3 is 2.57 bits per heavy atom. The standard InChI is InChI=1S/C12H10F2N4O3/c13-8-2-1-3-9(14)12(8)15-10(19)6-18-5-7(16-17-18)4-11(20)21/h1-3,5H,4,6H2,(H,15,19)(H,20,21). The van der Waals surface area contributed by atoms with Crippen LogP contribution in [0.25, 0.3) is 0 Å². The number of carbonyl (C=O) groups is 2. The van der Waals surface area contributed by atoms with Crippen LogP contribution in [0.3, 0.4) is 0 Å². The Morgan fingerprint density at radius 2 is 1.95 bits per heavy atom. The van der Waals surface area contributed by atoms with E-state index in [1.165, 1.54) is 12.3 Å². The quantitative estimate of drug-likeness (QED) is 0.851. The molecule has 0 aliphatic rings. The smallest absolute Gasteiger partial charge is 0.309 e. The van der Waals surface area contributed by atoms with Gasteiger partial charge in [-0.05, 0) is 12.1 Å². The van der Waals surface area contributed by atoms with Gasteiger partial charge in [0.25, 0.3) is 0 Å². The molecule has 0 aliphatic carbocycles. The number of hydrogen-bond donors (Lipinski definition) is 2. The molecular formula is C12H10F2N4O3. The van der Waals surface area contributed by atoms with Gasteiger partial charge in [0.15, 0.2) is 0 Å². The highest BCUT2D eigenvalue weighted by Gasteiger charge is 2.13. The normalized spacial score (nSPS) is 10.4. The topological polar surface area (TPSA) is 97.1 Å². The number of para-hydroxylation sites is 1. The number of nitrogens with zero attached hydrogens (tertiary/aromatic N) is 3. The molecule has 0 aliphatic heterocycles. The number of carbonyl (C=O) groups excluding carboxylic acids is 1. The molecule has 0 bridgehead atoms. The number of nitrogens with one attached hydrogen (secondary N) is 1. The minimum atomic E-state index is -1.08. The van der Waals surface area contributed by atoms with Gasteiger partial charge in [-0.15, -0.1) is 5.10 Å². The Hall–Kier alpha value is -2.84. The van der Waals surface area contributed by atoms with Crippen molar-refractivity contribution in [2.45, 2.75) is 13.0 Å². The third-order valence-corrected chi connectivity index (χ3v) is 2.45. The minimum Gasteiger partial charge on any atom is -0.481 e. The van der Waals surface area contributed by atoms with Gasteiger partial charge in [0.1, 0.15) is 23.9 Å². The fourth-order valence-electron chi connectivity index (χ4n) is 1.60. The first kappa shape index (κ1) is 14.6. The highest BCUT2D eigenvalue weighted by atomic mass is 19.1. The van der Waals surface area contributed by atoms with Crippen LogP contribution in [0.15, 0.2) is 24.4 Å². The summed E-state index contributed by atoms with van der Waals surface area (Å²) in [6, 6.07) is 3.20. The van der Waals surface area contributed by atoms with Crippen LogP contribution >= 0.6 is 0 Å². The van der Waals surface area contributed by atoms with Crippen molar-refractivity contribution in [3.8, 4) is 0 Å². The highest BCUT2D eigenvalue weighted by Crippen LogP contribution is 2.17. The third-order valence-electron chi connectivity index (χ3n) is 2.45. The van der Waals surface area contributed by atoms with Gasteiger partial charge < -0.3 is 10.4 Å². The Morgan fingerprint density at radius 1 is 1.29 bits per heavy atom. The molecule has 1 amide bonds. The lowest BCUT2D eigenvalue weighted by atomic mass is 10.3. The molecule has 7 nitrogen and oxygen atoms in total. The molecule has 0 atom stereocenters. The van der Waals surface area contributed by atoms with E-state index in [9.17, 15) is 18.4 Å². The van der Waals surface area contributed by atoms with Gasteiger partial charge in [-0.2, -0.15) is 0 Å². The van der Waals surface area contributed by atoms with Gasteiger partial charge in [-0.1, -0.05) is 11.3 Å². The van der Waals surface area contributed by atoms with Crippen LogP contribution in [0.5, 0.6) is 0 Å². The zero-order valence-electron chi connectivity index (χ0n) is 10.6. The average Bonchev–Trinajstić information content (AvgIpc) is 2.80. The number of hydrogen-bond acceptors (Lipinski definition) is 4. The van der Waals surface area contributed by atoms with Crippen LogP contribution in [-0.2, 0) is 22.6 Å². The minimum absolute atomic E-state index is 0.173. The molecule has 2 rings (SSSR count). The Bertz CT molecular complexity index is 667. The highest BCUT2D eigenvalue weighted by molar-refractivity contribution is 5.90. The van der Waals surface area contributed by atoms with Gasteiger partial charge in [0.05, 0.1) is 12.1 Å². The molecule has 0 radical (unpaired) electrons. The van der Waals surface area contributed by atoms with E-state index in [4.69, 9.17) is 5.11 Å². The lowest BCUT2D eigenvalue weighted by Crippen LogP contribution is -2.20. The maximum absolute atomic E-state index is 13.3. The molecular weight excluding hydrogens is 286 g/mol. The van der Waals surface area contributed by atoms with E-state index in [1.807, 2.05) is 0 Å². The van der Waals surface area contributed by atoms with Crippen LogP contribution in [0.2, 0.25) is 0 Å². The van der Waals surface area contributed by atoms with E-state index in [0.29, 0.717) is 0 Å². The maximum Gasteiger partial charge on any atom is 0.309 e. The van der Waals surface area contributed by atoms with Crippen molar-refractivity contribution in [2.24, 2.45) is 0 Å². The van der Waals surface area contributed by atoms with Gasteiger partial charge >= 0.3 is 5.97 Å². The fraction of sp³-hybridized carbons (Fsp3) is 0.167. The Kier molecular flexibility index (Phi) is 4.21. The molecule has 0 fully saturated rings. The second-order valence-electron chi connectivity index (χ2n) is 4.12. The SMILES string of the molecule is O=C(O)Cc1cn(CC(=O)Nc2c(F)cccc2F)nn1. The van der Waals surface area contributed by atoms with Crippen molar-refractivity contribution in [1.82, 2.24) is 15.0 Å². The van der Waals surface area contributed by atoms with E-state index in [1.54, 1.807) is 0 Å². The Labute approximate surface area is 117 Å². The summed E-state index contributed by atoms with van der Waals surface area (Å²) >= 11 is 0. The summed E-state index contributed by atoms with van der Waals surface area (Å²) in [6.07, 6.45) is 0.939. The predicted octanol–water partition coefficient (Wildman–Crippen LogP) is 0.822. The molecule has 0 saturated heterocycles. The van der Waals surface area contributed by atoms with E-state index in [-0.39, 0.29) is 18.7 Å².